The summed E-state index contributed by atoms with van der Waals surface area (Å²) in [4.78, 5) is 47.9. The molecule has 0 aliphatic rings. The van der Waals surface area contributed by atoms with Gasteiger partial charge in [0.15, 0.2) is 0 Å². The third-order valence-corrected chi connectivity index (χ3v) is 12.9. The molecule has 12 rings (SSSR count). The summed E-state index contributed by atoms with van der Waals surface area (Å²) in [5.41, 5.74) is 9.81. The highest BCUT2D eigenvalue weighted by Crippen LogP contribution is 2.29. The minimum atomic E-state index is -0.974. The summed E-state index contributed by atoms with van der Waals surface area (Å²) >= 11 is 0. The lowest BCUT2D eigenvalue weighted by Crippen LogP contribution is -2.02. The van der Waals surface area contributed by atoms with Crippen LogP contribution >= 0.6 is 0 Å². The number of benzene rings is 9. The van der Waals surface area contributed by atoms with E-state index in [1.54, 1.807) is 72.8 Å². The van der Waals surface area contributed by atoms with E-state index in [4.69, 9.17) is 14.2 Å². The van der Waals surface area contributed by atoms with Crippen LogP contribution in [-0.2, 0) is 19.8 Å². The van der Waals surface area contributed by atoms with Crippen molar-refractivity contribution < 1.29 is 43.9 Å². The van der Waals surface area contributed by atoms with Gasteiger partial charge in [0.05, 0.1) is 67.4 Å². The molecule has 3 aromatic heterocycles. The van der Waals surface area contributed by atoms with Gasteiger partial charge in [-0.05, 0) is 109 Å². The van der Waals surface area contributed by atoms with Crippen molar-refractivity contribution in [2.45, 2.75) is 19.8 Å². The number of para-hydroxylation sites is 6. The van der Waals surface area contributed by atoms with Crippen LogP contribution in [0.5, 0.6) is 17.2 Å². The first kappa shape index (κ1) is 55.7. The zero-order valence-electron chi connectivity index (χ0n) is 45.0. The number of pyridine rings is 3. The Morgan fingerprint density at radius 1 is 0.310 bits per heavy atom. The summed E-state index contributed by atoms with van der Waals surface area (Å²) in [7, 11) is 0. The maximum Gasteiger partial charge on any atom is 0.337 e. The summed E-state index contributed by atoms with van der Waals surface area (Å²) in [6.07, 6.45) is 0. The second-order valence-electron chi connectivity index (χ2n) is 18.9. The van der Waals surface area contributed by atoms with Gasteiger partial charge in [0.1, 0.15) is 37.1 Å². The lowest BCUT2D eigenvalue weighted by Gasteiger charge is -2.12. The number of carboxylic acid groups (broad SMARTS) is 3. The van der Waals surface area contributed by atoms with Crippen molar-refractivity contribution in [3.63, 3.8) is 0 Å². The quantitative estimate of drug-likeness (QED) is 0.0471. The molecule has 414 valence electrons. The van der Waals surface area contributed by atoms with Crippen LogP contribution in [0.15, 0.2) is 255 Å². The SMILES string of the molecule is O=C(O)c1ccccc1Nc1cccc(OCc2ccc3ccccc3n2)c1.O=C(O)c1ccccc1Nc1cccc(OCc2ccc3ccccc3n2)c1.O=C(O)c1ccccc1Nc1cccc(OCc2ccc3ccccc3n2)c1. The highest BCUT2D eigenvalue weighted by molar-refractivity contribution is 5.96. The number of aromatic nitrogens is 3. The van der Waals surface area contributed by atoms with Gasteiger partial charge in [0.25, 0.3) is 0 Å². The van der Waals surface area contributed by atoms with Crippen molar-refractivity contribution in [1.29, 1.82) is 0 Å². The fraction of sp³-hybridized carbons (Fsp3) is 0.0435. The number of carboxylic acids is 3. The summed E-state index contributed by atoms with van der Waals surface area (Å²) in [5, 5.41) is 40.6. The minimum Gasteiger partial charge on any atom is -0.487 e. The van der Waals surface area contributed by atoms with Crippen molar-refractivity contribution in [1.82, 2.24) is 15.0 Å². The minimum absolute atomic E-state index is 0.217. The van der Waals surface area contributed by atoms with Crippen LogP contribution in [-0.4, -0.2) is 48.2 Å². The number of nitrogens with one attached hydrogen (secondary N) is 3. The zero-order valence-corrected chi connectivity index (χ0v) is 45.0. The van der Waals surface area contributed by atoms with Crippen molar-refractivity contribution in [3.8, 4) is 17.2 Å². The van der Waals surface area contributed by atoms with Crippen LogP contribution in [0.3, 0.4) is 0 Å². The highest BCUT2D eigenvalue weighted by atomic mass is 16.5. The molecule has 15 heteroatoms. The topological polar surface area (TPSA) is 214 Å². The molecular formula is C69H54N6O9. The average Bonchev–Trinajstić information content (AvgIpc) is 3.73. The van der Waals surface area contributed by atoms with Crippen molar-refractivity contribution in [2.75, 3.05) is 16.0 Å². The van der Waals surface area contributed by atoms with E-state index >= 15 is 0 Å². The first-order chi connectivity index (χ1) is 41.1. The molecule has 3 heterocycles. The maximum atomic E-state index is 11.4. The molecule has 0 aliphatic carbocycles. The van der Waals surface area contributed by atoms with Crippen LogP contribution in [0, 0.1) is 0 Å². The lowest BCUT2D eigenvalue weighted by atomic mass is 10.1. The molecule has 0 bridgehead atoms. The number of hydrogen-bond acceptors (Lipinski definition) is 12. The summed E-state index contributed by atoms with van der Waals surface area (Å²) in [6.45, 7) is 1.04. The Kier molecular flexibility index (Phi) is 17.9. The van der Waals surface area contributed by atoms with E-state index in [2.05, 4.69) is 30.9 Å². The van der Waals surface area contributed by atoms with E-state index in [0.29, 0.717) is 54.1 Å². The number of fused-ring (bicyclic) bond motifs is 3. The molecule has 6 N–H and O–H groups in total. The Hall–Kier alpha value is -11.6. The second-order valence-corrected chi connectivity index (χ2v) is 18.9. The standard InChI is InChI=1S/3C23H18N2O3/c3*26-23(27)20-9-2-4-11-22(20)24-17-7-5-8-19(14-17)28-15-18-13-12-16-6-1-3-10-21(16)25-18/h3*1-14,24H,15H2,(H,26,27). The molecule has 0 unspecified atom stereocenters. The van der Waals surface area contributed by atoms with Gasteiger partial charge >= 0.3 is 17.9 Å². The van der Waals surface area contributed by atoms with E-state index in [9.17, 15) is 29.7 Å². The van der Waals surface area contributed by atoms with E-state index < -0.39 is 17.9 Å². The summed E-state index contributed by atoms with van der Waals surface area (Å²) in [5.74, 6) is -0.901. The zero-order chi connectivity index (χ0) is 58.0. The summed E-state index contributed by atoms with van der Waals surface area (Å²) in [6, 6.07) is 78.4. The summed E-state index contributed by atoms with van der Waals surface area (Å²) < 4.78 is 17.6. The molecule has 15 nitrogen and oxygen atoms in total. The van der Waals surface area contributed by atoms with Crippen LogP contribution in [0.1, 0.15) is 48.2 Å². The van der Waals surface area contributed by atoms with Gasteiger partial charge in [0.2, 0.25) is 0 Å². The average molecular weight is 1110 g/mol. The van der Waals surface area contributed by atoms with Gasteiger partial charge in [-0.15, -0.1) is 0 Å². The largest absolute Gasteiger partial charge is 0.487 e. The Labute approximate surface area is 483 Å². The fourth-order valence-electron chi connectivity index (χ4n) is 8.83. The molecule has 0 saturated heterocycles. The Bertz CT molecular complexity index is 3860. The molecule has 0 atom stereocenters. The molecule has 0 radical (unpaired) electrons. The normalized spacial score (nSPS) is 10.6. The molecule has 0 aliphatic heterocycles. The van der Waals surface area contributed by atoms with Crippen LogP contribution in [0.4, 0.5) is 34.1 Å². The monoisotopic (exact) mass is 1110 g/mol. The number of rotatable bonds is 18. The van der Waals surface area contributed by atoms with Crippen LogP contribution in [0.2, 0.25) is 0 Å². The number of nitrogens with zero attached hydrogens (tertiary/aromatic N) is 3. The molecule has 0 fully saturated rings. The van der Waals surface area contributed by atoms with E-state index in [0.717, 1.165) is 66.9 Å². The number of anilines is 6. The van der Waals surface area contributed by atoms with Gasteiger partial charge in [-0.2, -0.15) is 0 Å². The van der Waals surface area contributed by atoms with Crippen LogP contribution < -0.4 is 30.2 Å². The first-order valence-electron chi connectivity index (χ1n) is 26.6. The van der Waals surface area contributed by atoms with Crippen molar-refractivity contribution >= 4 is 84.7 Å². The second kappa shape index (κ2) is 27.1. The molecule has 0 saturated carbocycles. The van der Waals surface area contributed by atoms with E-state index in [-0.39, 0.29) is 16.7 Å². The molecule has 12 aromatic rings. The van der Waals surface area contributed by atoms with Gasteiger partial charge in [-0.25, -0.2) is 29.3 Å². The Morgan fingerprint density at radius 3 is 0.881 bits per heavy atom. The lowest BCUT2D eigenvalue weighted by molar-refractivity contribution is 0.0687. The highest BCUT2D eigenvalue weighted by Gasteiger charge is 2.13. The third kappa shape index (κ3) is 15.0. The maximum absolute atomic E-state index is 11.4. The van der Waals surface area contributed by atoms with Crippen molar-refractivity contribution in [3.05, 3.63) is 289 Å². The molecule has 84 heavy (non-hydrogen) atoms. The molecule has 0 amide bonds. The fourth-order valence-corrected chi connectivity index (χ4v) is 8.83. The number of carbonyl (C=O) groups is 3. The Balaban J connectivity index is 0.000000140. The van der Waals surface area contributed by atoms with Crippen molar-refractivity contribution in [2.24, 2.45) is 0 Å². The number of hydrogen-bond donors (Lipinski definition) is 6. The van der Waals surface area contributed by atoms with E-state index in [1.165, 1.54) is 0 Å². The number of ether oxygens (including phenoxy) is 3. The van der Waals surface area contributed by atoms with Gasteiger partial charge in [-0.3, -0.25) is 0 Å². The predicted octanol–water partition coefficient (Wildman–Crippen LogP) is 15.8. The third-order valence-electron chi connectivity index (χ3n) is 12.9. The van der Waals surface area contributed by atoms with Gasteiger partial charge < -0.3 is 45.5 Å². The predicted molar refractivity (Wildman–Crippen MR) is 328 cm³/mol. The van der Waals surface area contributed by atoms with E-state index in [1.807, 2.05) is 182 Å². The first-order valence-corrected chi connectivity index (χ1v) is 26.6. The van der Waals surface area contributed by atoms with Gasteiger partial charge in [-0.1, -0.05) is 127 Å². The molecular weight excluding hydrogens is 1060 g/mol. The van der Waals surface area contributed by atoms with Crippen LogP contribution in [0.25, 0.3) is 32.7 Å². The number of aromatic carboxylic acids is 3. The van der Waals surface area contributed by atoms with Gasteiger partial charge in [0, 0.05) is 51.4 Å². The smallest absolute Gasteiger partial charge is 0.337 e. The molecule has 0 spiro atoms. The Morgan fingerprint density at radius 2 is 0.583 bits per heavy atom. The molecule has 9 aromatic carbocycles.